The predicted octanol–water partition coefficient (Wildman–Crippen LogP) is -2.86. The Balaban J connectivity index is 2.67. The SMILES string of the molecule is O=C(CCl)NC1[C@@H](O)C(O)C(CO)O[C@H]1O. The van der Waals surface area contributed by atoms with Crippen molar-refractivity contribution < 1.29 is 30.0 Å². The van der Waals surface area contributed by atoms with Gasteiger partial charge in [0.2, 0.25) is 5.91 Å². The molecular formula is C8H14ClNO6. The van der Waals surface area contributed by atoms with Gasteiger partial charge in [0.25, 0.3) is 0 Å². The highest BCUT2D eigenvalue weighted by atomic mass is 35.5. The molecule has 94 valence electrons. The molecule has 0 aromatic heterocycles. The number of nitrogens with one attached hydrogen (secondary N) is 1. The van der Waals surface area contributed by atoms with Gasteiger partial charge in [-0.2, -0.15) is 0 Å². The average Bonchev–Trinajstić information content (AvgIpc) is 2.28. The van der Waals surface area contributed by atoms with Gasteiger partial charge in [0.1, 0.15) is 30.2 Å². The summed E-state index contributed by atoms with van der Waals surface area (Å²) in [6, 6.07) is -1.18. The van der Waals surface area contributed by atoms with Gasteiger partial charge >= 0.3 is 0 Å². The number of hydrogen-bond donors (Lipinski definition) is 5. The lowest BCUT2D eigenvalue weighted by molar-refractivity contribution is -0.253. The van der Waals surface area contributed by atoms with E-state index in [9.17, 15) is 20.1 Å². The number of carbonyl (C=O) groups excluding carboxylic acids is 1. The zero-order chi connectivity index (χ0) is 12.3. The van der Waals surface area contributed by atoms with Gasteiger partial charge in [-0.15, -0.1) is 11.6 Å². The number of aliphatic hydroxyl groups excluding tert-OH is 4. The summed E-state index contributed by atoms with van der Waals surface area (Å²) in [5.41, 5.74) is 0. The van der Waals surface area contributed by atoms with E-state index in [2.05, 4.69) is 5.32 Å². The molecule has 1 fully saturated rings. The molecule has 8 heteroatoms. The van der Waals surface area contributed by atoms with Crippen molar-refractivity contribution >= 4 is 17.5 Å². The van der Waals surface area contributed by atoms with Gasteiger partial charge in [0, 0.05) is 0 Å². The number of carbonyl (C=O) groups is 1. The second kappa shape index (κ2) is 5.76. The van der Waals surface area contributed by atoms with Gasteiger partial charge < -0.3 is 30.5 Å². The summed E-state index contributed by atoms with van der Waals surface area (Å²) in [4.78, 5) is 11.0. The van der Waals surface area contributed by atoms with Crippen LogP contribution in [0.5, 0.6) is 0 Å². The number of halogens is 1. The molecular weight excluding hydrogens is 242 g/mol. The molecule has 5 N–H and O–H groups in total. The molecule has 0 radical (unpaired) electrons. The number of amides is 1. The maximum absolute atomic E-state index is 11.0. The normalized spacial score (nSPS) is 39.4. The quantitative estimate of drug-likeness (QED) is 0.346. The van der Waals surface area contributed by atoms with E-state index < -0.39 is 43.2 Å². The van der Waals surface area contributed by atoms with Crippen molar-refractivity contribution in [3.63, 3.8) is 0 Å². The Hall–Kier alpha value is -0.440. The molecule has 16 heavy (non-hydrogen) atoms. The smallest absolute Gasteiger partial charge is 0.235 e. The summed E-state index contributed by atoms with van der Waals surface area (Å²) < 4.78 is 4.81. The van der Waals surface area contributed by atoms with Crippen molar-refractivity contribution in [2.45, 2.75) is 30.6 Å². The number of rotatable bonds is 3. The Morgan fingerprint density at radius 1 is 1.31 bits per heavy atom. The molecule has 1 heterocycles. The van der Waals surface area contributed by atoms with E-state index in [1.807, 2.05) is 0 Å². The maximum atomic E-state index is 11.0. The molecule has 1 aliphatic heterocycles. The fraction of sp³-hybridized carbons (Fsp3) is 0.875. The minimum Gasteiger partial charge on any atom is -0.394 e. The first kappa shape index (κ1) is 13.6. The largest absolute Gasteiger partial charge is 0.394 e. The van der Waals surface area contributed by atoms with E-state index in [1.54, 1.807) is 0 Å². The van der Waals surface area contributed by atoms with Crippen LogP contribution in [0.2, 0.25) is 0 Å². The van der Waals surface area contributed by atoms with Crippen molar-refractivity contribution in [2.24, 2.45) is 0 Å². The fourth-order valence-electron chi connectivity index (χ4n) is 1.48. The standard InChI is InChI=1S/C8H14ClNO6/c9-1-4(12)10-5-7(14)6(13)3(2-11)16-8(5)15/h3,5-8,11,13-15H,1-2H2,(H,10,12)/t3?,5?,6?,7-,8-/m1/s1. The van der Waals surface area contributed by atoms with Crippen LogP contribution in [0.25, 0.3) is 0 Å². The second-order valence-electron chi connectivity index (χ2n) is 3.46. The van der Waals surface area contributed by atoms with Crippen LogP contribution >= 0.6 is 11.6 Å². The molecule has 0 aromatic rings. The van der Waals surface area contributed by atoms with Gasteiger partial charge in [-0.1, -0.05) is 0 Å². The molecule has 1 aliphatic rings. The van der Waals surface area contributed by atoms with Gasteiger partial charge in [0.15, 0.2) is 6.29 Å². The molecule has 0 aliphatic carbocycles. The third-order valence-corrected chi connectivity index (χ3v) is 2.59. The lowest BCUT2D eigenvalue weighted by Gasteiger charge is -2.40. The van der Waals surface area contributed by atoms with Crippen molar-refractivity contribution in [1.29, 1.82) is 0 Å². The zero-order valence-electron chi connectivity index (χ0n) is 8.28. The maximum Gasteiger partial charge on any atom is 0.235 e. The van der Waals surface area contributed by atoms with Crippen molar-refractivity contribution in [3.8, 4) is 0 Å². The molecule has 3 unspecified atom stereocenters. The summed E-state index contributed by atoms with van der Waals surface area (Å²) in [5, 5.41) is 39.5. The first-order valence-corrected chi connectivity index (χ1v) is 5.20. The van der Waals surface area contributed by atoms with Crippen LogP contribution in [0.15, 0.2) is 0 Å². The van der Waals surface area contributed by atoms with Crippen LogP contribution in [-0.4, -0.2) is 69.5 Å². The van der Waals surface area contributed by atoms with E-state index in [1.165, 1.54) is 0 Å². The Kier molecular flexibility index (Phi) is 4.90. The minimum atomic E-state index is -1.51. The lowest BCUT2D eigenvalue weighted by Crippen LogP contribution is -2.64. The molecule has 0 bridgehead atoms. The Morgan fingerprint density at radius 2 is 1.94 bits per heavy atom. The van der Waals surface area contributed by atoms with Crippen LogP contribution < -0.4 is 5.32 Å². The monoisotopic (exact) mass is 255 g/mol. The van der Waals surface area contributed by atoms with Crippen molar-refractivity contribution in [1.82, 2.24) is 5.32 Å². The fourth-order valence-corrected chi connectivity index (χ4v) is 1.55. The van der Waals surface area contributed by atoms with E-state index in [0.29, 0.717) is 0 Å². The molecule has 0 saturated carbocycles. The summed E-state index contributed by atoms with van der Waals surface area (Å²) in [6.07, 6.45) is -5.43. The molecule has 5 atom stereocenters. The predicted molar refractivity (Wildman–Crippen MR) is 52.6 cm³/mol. The van der Waals surface area contributed by atoms with Gasteiger partial charge in [-0.3, -0.25) is 4.79 Å². The van der Waals surface area contributed by atoms with E-state index in [-0.39, 0.29) is 5.88 Å². The lowest BCUT2D eigenvalue weighted by atomic mass is 9.97. The van der Waals surface area contributed by atoms with Crippen LogP contribution in [0, 0.1) is 0 Å². The average molecular weight is 256 g/mol. The van der Waals surface area contributed by atoms with Crippen LogP contribution in [0.4, 0.5) is 0 Å². The zero-order valence-corrected chi connectivity index (χ0v) is 9.04. The van der Waals surface area contributed by atoms with Crippen LogP contribution in [0.3, 0.4) is 0 Å². The van der Waals surface area contributed by atoms with Gasteiger partial charge in [0.05, 0.1) is 6.61 Å². The number of ether oxygens (including phenoxy) is 1. The van der Waals surface area contributed by atoms with E-state index in [0.717, 1.165) is 0 Å². The summed E-state index contributed by atoms with van der Waals surface area (Å²) in [7, 11) is 0. The first-order valence-electron chi connectivity index (χ1n) is 4.67. The Labute approximate surface area is 96.6 Å². The third kappa shape index (κ3) is 2.82. The number of alkyl halides is 1. The van der Waals surface area contributed by atoms with Crippen molar-refractivity contribution in [3.05, 3.63) is 0 Å². The molecule has 1 rings (SSSR count). The van der Waals surface area contributed by atoms with Crippen molar-refractivity contribution in [2.75, 3.05) is 12.5 Å². The molecule has 1 saturated heterocycles. The summed E-state index contributed by atoms with van der Waals surface area (Å²) in [6.45, 7) is -0.550. The Morgan fingerprint density at radius 3 is 2.44 bits per heavy atom. The number of aliphatic hydroxyl groups is 4. The highest BCUT2D eigenvalue weighted by Crippen LogP contribution is 2.19. The van der Waals surface area contributed by atoms with E-state index >= 15 is 0 Å². The summed E-state index contributed by atoms with van der Waals surface area (Å²) in [5.74, 6) is -0.946. The van der Waals surface area contributed by atoms with Crippen LogP contribution in [-0.2, 0) is 9.53 Å². The molecule has 7 nitrogen and oxygen atoms in total. The third-order valence-electron chi connectivity index (χ3n) is 2.35. The topological polar surface area (TPSA) is 119 Å². The van der Waals surface area contributed by atoms with Gasteiger partial charge in [-0.05, 0) is 0 Å². The minimum absolute atomic E-state index is 0.338. The highest BCUT2D eigenvalue weighted by molar-refractivity contribution is 6.27. The Bertz CT molecular complexity index is 253. The second-order valence-corrected chi connectivity index (χ2v) is 3.72. The highest BCUT2D eigenvalue weighted by Gasteiger charge is 2.44. The molecule has 0 aromatic carbocycles. The van der Waals surface area contributed by atoms with E-state index in [4.69, 9.17) is 21.4 Å². The summed E-state index contributed by atoms with van der Waals surface area (Å²) >= 11 is 5.24. The van der Waals surface area contributed by atoms with Gasteiger partial charge in [-0.25, -0.2) is 0 Å². The first-order chi connectivity index (χ1) is 7.51. The number of hydrogen-bond acceptors (Lipinski definition) is 6. The van der Waals surface area contributed by atoms with Crippen LogP contribution in [0.1, 0.15) is 0 Å². The molecule has 1 amide bonds. The molecule has 0 spiro atoms.